The summed E-state index contributed by atoms with van der Waals surface area (Å²) in [6.45, 7) is 15.3. The summed E-state index contributed by atoms with van der Waals surface area (Å²) in [6.07, 6.45) is 3.16. The lowest BCUT2D eigenvalue weighted by atomic mass is 10.0. The predicted octanol–water partition coefficient (Wildman–Crippen LogP) is 7.89. The molecule has 0 bridgehead atoms. The molecule has 0 aliphatic carbocycles. The number of piperazine rings is 1. The number of H-pyrrole nitrogens is 1. The second-order valence-corrected chi connectivity index (χ2v) is 13.4. The number of fused-ring (bicyclic) bond motifs is 1. The van der Waals surface area contributed by atoms with Gasteiger partial charge in [0.1, 0.15) is 17.2 Å². The molecule has 0 unspecified atom stereocenters. The number of anilines is 1. The highest BCUT2D eigenvalue weighted by Gasteiger charge is 2.17. The maximum Gasteiger partial charge on any atom is 0.407 e. The van der Waals surface area contributed by atoms with E-state index >= 15 is 0 Å². The van der Waals surface area contributed by atoms with Crippen molar-refractivity contribution in [2.24, 2.45) is 4.99 Å². The first-order valence-corrected chi connectivity index (χ1v) is 16.9. The van der Waals surface area contributed by atoms with E-state index in [1.807, 2.05) is 45.0 Å². The third-order valence-electron chi connectivity index (χ3n) is 8.25. The van der Waals surface area contributed by atoms with E-state index < -0.39 is 5.60 Å². The van der Waals surface area contributed by atoms with Crippen LogP contribution in [0.15, 0.2) is 65.7 Å². The second kappa shape index (κ2) is 15.5. The third-order valence-corrected chi connectivity index (χ3v) is 8.25. The summed E-state index contributed by atoms with van der Waals surface area (Å²) >= 11 is 0. The normalized spacial score (nSPS) is 14.4. The standard InChI is InChI=1S/C38H50N6O3/c1-7-10-32(40-34-26-30(15-11-27(34)2)44-22-20-43(6)21-23-44)29-14-18-33-35(25-29)42-36(41-33)28-12-16-31(17-13-28)46-24-9-8-19-39-37(45)47-38(3,4)5/h11-18,25-26H,7-10,19-24H2,1-6H3,(H,39,45)(H,41,42). The minimum absolute atomic E-state index is 0.386. The number of nitrogens with one attached hydrogen (secondary N) is 2. The van der Waals surface area contributed by atoms with E-state index in [2.05, 4.69) is 77.4 Å². The van der Waals surface area contributed by atoms with Gasteiger partial charge in [0.25, 0.3) is 0 Å². The van der Waals surface area contributed by atoms with Gasteiger partial charge in [0.05, 0.1) is 23.3 Å². The van der Waals surface area contributed by atoms with Crippen molar-refractivity contribution >= 4 is 34.2 Å². The molecule has 0 atom stereocenters. The number of aromatic amines is 1. The molecule has 47 heavy (non-hydrogen) atoms. The van der Waals surface area contributed by atoms with Crippen LogP contribution in [0.25, 0.3) is 22.4 Å². The number of nitrogens with zero attached hydrogens (tertiary/aromatic N) is 4. The maximum absolute atomic E-state index is 11.8. The third kappa shape index (κ3) is 9.58. The average molecular weight is 639 g/mol. The quantitative estimate of drug-likeness (QED) is 0.121. The van der Waals surface area contributed by atoms with Gasteiger partial charge in [0, 0.05) is 49.7 Å². The van der Waals surface area contributed by atoms with Crippen molar-refractivity contribution in [3.63, 3.8) is 0 Å². The molecular formula is C38H50N6O3. The van der Waals surface area contributed by atoms with Crippen LogP contribution >= 0.6 is 0 Å². The number of hydrogen-bond donors (Lipinski definition) is 2. The number of aryl methyl sites for hydroxylation is 1. The Morgan fingerprint density at radius 2 is 1.77 bits per heavy atom. The topological polar surface area (TPSA) is 95.1 Å². The zero-order valence-corrected chi connectivity index (χ0v) is 28.9. The predicted molar refractivity (Wildman–Crippen MR) is 192 cm³/mol. The van der Waals surface area contributed by atoms with Crippen LogP contribution in [0.1, 0.15) is 64.5 Å². The monoisotopic (exact) mass is 638 g/mol. The van der Waals surface area contributed by atoms with Gasteiger partial charge in [-0.1, -0.05) is 25.5 Å². The number of carbonyl (C=O) groups is 1. The Kier molecular flexibility index (Phi) is 11.2. The lowest BCUT2D eigenvalue weighted by Gasteiger charge is -2.34. The van der Waals surface area contributed by atoms with Gasteiger partial charge < -0.3 is 29.6 Å². The molecule has 0 spiro atoms. The van der Waals surface area contributed by atoms with Crippen LogP contribution in [0.3, 0.4) is 0 Å². The number of aliphatic imine (C=N–C) groups is 1. The zero-order chi connectivity index (χ0) is 33.4. The number of amides is 1. The van der Waals surface area contributed by atoms with Gasteiger partial charge in [-0.05, 0) is 114 Å². The molecule has 250 valence electrons. The van der Waals surface area contributed by atoms with E-state index in [1.165, 1.54) is 11.3 Å². The summed E-state index contributed by atoms with van der Waals surface area (Å²) in [5.41, 5.74) is 8.09. The zero-order valence-electron chi connectivity index (χ0n) is 28.9. The SMILES string of the molecule is CCCC(=Nc1cc(N2CCN(C)CC2)ccc1C)c1ccc2nc(-c3ccc(OCCCCNC(=O)OC(C)(C)C)cc3)[nH]c2c1. The van der Waals surface area contributed by atoms with Crippen LogP contribution in [0, 0.1) is 6.92 Å². The molecule has 5 rings (SSSR count). The average Bonchev–Trinajstić information content (AvgIpc) is 3.47. The van der Waals surface area contributed by atoms with Gasteiger partial charge in [-0.15, -0.1) is 0 Å². The van der Waals surface area contributed by atoms with E-state index in [1.54, 1.807) is 0 Å². The molecule has 0 radical (unpaired) electrons. The van der Waals surface area contributed by atoms with Crippen molar-refractivity contribution in [3.05, 3.63) is 71.8 Å². The molecule has 9 nitrogen and oxygen atoms in total. The second-order valence-electron chi connectivity index (χ2n) is 13.4. The lowest BCUT2D eigenvalue weighted by Crippen LogP contribution is -2.44. The van der Waals surface area contributed by atoms with Crippen molar-refractivity contribution in [3.8, 4) is 17.1 Å². The van der Waals surface area contributed by atoms with Crippen molar-refractivity contribution < 1.29 is 14.3 Å². The number of likely N-dealkylation sites (N-methyl/N-ethyl adjacent to an activating group) is 1. The number of ether oxygens (including phenoxy) is 2. The molecule has 4 aromatic rings. The Hall–Kier alpha value is -4.37. The molecule has 1 aliphatic rings. The minimum atomic E-state index is -0.491. The molecule has 1 aliphatic heterocycles. The fourth-order valence-electron chi connectivity index (χ4n) is 5.58. The number of imidazole rings is 1. The first-order valence-electron chi connectivity index (χ1n) is 16.9. The summed E-state index contributed by atoms with van der Waals surface area (Å²) in [6, 6.07) is 21.1. The van der Waals surface area contributed by atoms with Gasteiger partial charge in [0.15, 0.2) is 0 Å². The van der Waals surface area contributed by atoms with Crippen LogP contribution in [0.2, 0.25) is 0 Å². The summed E-state index contributed by atoms with van der Waals surface area (Å²) in [7, 11) is 2.19. The molecule has 1 aromatic heterocycles. The number of benzene rings is 3. The van der Waals surface area contributed by atoms with Gasteiger partial charge in [0.2, 0.25) is 0 Å². The largest absolute Gasteiger partial charge is 0.494 e. The number of hydrogen-bond acceptors (Lipinski definition) is 7. The van der Waals surface area contributed by atoms with E-state index in [4.69, 9.17) is 19.5 Å². The highest BCUT2D eigenvalue weighted by molar-refractivity contribution is 6.04. The summed E-state index contributed by atoms with van der Waals surface area (Å²) in [5, 5.41) is 2.78. The van der Waals surface area contributed by atoms with Gasteiger partial charge in [-0.2, -0.15) is 0 Å². The van der Waals surface area contributed by atoms with Crippen molar-refractivity contribution in [2.75, 3.05) is 51.3 Å². The molecular weight excluding hydrogens is 588 g/mol. The fourth-order valence-corrected chi connectivity index (χ4v) is 5.58. The van der Waals surface area contributed by atoms with Crippen LogP contribution < -0.4 is 15.0 Å². The molecule has 0 saturated carbocycles. The van der Waals surface area contributed by atoms with E-state index in [0.717, 1.165) is 97.0 Å². The first-order chi connectivity index (χ1) is 22.6. The van der Waals surface area contributed by atoms with Crippen LogP contribution in [-0.2, 0) is 4.74 Å². The highest BCUT2D eigenvalue weighted by Crippen LogP contribution is 2.29. The van der Waals surface area contributed by atoms with Gasteiger partial charge in [-0.25, -0.2) is 9.78 Å². The van der Waals surface area contributed by atoms with Crippen molar-refractivity contribution in [1.29, 1.82) is 0 Å². The number of rotatable bonds is 12. The fraction of sp³-hybridized carbons (Fsp3) is 0.447. The van der Waals surface area contributed by atoms with Crippen LogP contribution in [-0.4, -0.2) is 78.7 Å². The Morgan fingerprint density at radius 1 is 1.00 bits per heavy atom. The van der Waals surface area contributed by atoms with Crippen molar-refractivity contribution in [2.45, 2.75) is 65.9 Å². The number of alkyl carbamates (subject to hydrolysis) is 1. The maximum atomic E-state index is 11.8. The van der Waals surface area contributed by atoms with Crippen LogP contribution in [0.5, 0.6) is 5.75 Å². The molecule has 1 amide bonds. The van der Waals surface area contributed by atoms with Crippen molar-refractivity contribution in [1.82, 2.24) is 20.2 Å². The number of aromatic nitrogens is 2. The van der Waals surface area contributed by atoms with E-state index in [9.17, 15) is 4.79 Å². The summed E-state index contributed by atoms with van der Waals surface area (Å²) < 4.78 is 11.2. The first kappa shape index (κ1) is 34.0. The molecule has 1 fully saturated rings. The smallest absolute Gasteiger partial charge is 0.407 e. The highest BCUT2D eigenvalue weighted by atomic mass is 16.6. The number of unbranched alkanes of at least 4 members (excludes halogenated alkanes) is 1. The van der Waals surface area contributed by atoms with E-state index in [0.29, 0.717) is 13.2 Å². The van der Waals surface area contributed by atoms with Gasteiger partial charge >= 0.3 is 6.09 Å². The molecule has 2 N–H and O–H groups in total. The molecule has 9 heteroatoms. The molecule has 1 saturated heterocycles. The lowest BCUT2D eigenvalue weighted by molar-refractivity contribution is 0.0526. The Labute approximate surface area is 279 Å². The molecule has 3 aromatic carbocycles. The summed E-state index contributed by atoms with van der Waals surface area (Å²) in [5.74, 6) is 1.63. The Balaban J connectivity index is 1.22. The van der Waals surface area contributed by atoms with Gasteiger partial charge in [-0.3, -0.25) is 4.99 Å². The van der Waals surface area contributed by atoms with E-state index in [-0.39, 0.29) is 6.09 Å². The Morgan fingerprint density at radius 3 is 2.49 bits per heavy atom. The number of carbonyl (C=O) groups excluding carboxylic acids is 1. The van der Waals surface area contributed by atoms with Crippen LogP contribution in [0.4, 0.5) is 16.2 Å². The Bertz CT molecular complexity index is 1660. The minimum Gasteiger partial charge on any atom is -0.494 e. The summed E-state index contributed by atoms with van der Waals surface area (Å²) in [4.78, 5) is 30.2. The molecule has 2 heterocycles.